The third kappa shape index (κ3) is 5.80. The van der Waals surface area contributed by atoms with E-state index in [0.29, 0.717) is 12.6 Å². The molecule has 2 N–H and O–H groups in total. The van der Waals surface area contributed by atoms with E-state index in [-0.39, 0.29) is 30.1 Å². The maximum atomic E-state index is 6.03. The first kappa shape index (κ1) is 22.4. The van der Waals surface area contributed by atoms with Gasteiger partial charge >= 0.3 is 0 Å². The monoisotopic (exact) mass is 491 g/mol. The number of rotatable bonds is 7. The Morgan fingerprint density at radius 2 is 2.11 bits per heavy atom. The van der Waals surface area contributed by atoms with Crippen LogP contribution in [0.15, 0.2) is 9.52 Å². The Bertz CT molecular complexity index is 585. The molecule has 0 bridgehead atoms. The van der Waals surface area contributed by atoms with Crippen LogP contribution in [0.3, 0.4) is 0 Å². The number of halogens is 1. The summed E-state index contributed by atoms with van der Waals surface area (Å²) in [5.41, 5.74) is 2.14. The van der Waals surface area contributed by atoms with Crippen LogP contribution in [0.2, 0.25) is 0 Å². The number of nitrogens with zero attached hydrogens (tertiary/aromatic N) is 3. The Balaban J connectivity index is 0.00000261. The highest BCUT2D eigenvalue weighted by atomic mass is 127. The lowest BCUT2D eigenvalue weighted by atomic mass is 10.1. The van der Waals surface area contributed by atoms with Gasteiger partial charge in [0, 0.05) is 37.7 Å². The summed E-state index contributed by atoms with van der Waals surface area (Å²) in [7, 11) is 0. The van der Waals surface area contributed by atoms with Crippen molar-refractivity contribution in [3.63, 3.8) is 0 Å². The summed E-state index contributed by atoms with van der Waals surface area (Å²) in [6.45, 7) is 11.6. The molecule has 154 valence electrons. The van der Waals surface area contributed by atoms with Crippen molar-refractivity contribution < 1.29 is 9.26 Å². The summed E-state index contributed by atoms with van der Waals surface area (Å²) in [4.78, 5) is 7.32. The second-order valence-corrected chi connectivity index (χ2v) is 7.06. The fourth-order valence-corrected chi connectivity index (χ4v) is 3.84. The fourth-order valence-electron chi connectivity index (χ4n) is 3.84. The van der Waals surface area contributed by atoms with Crippen molar-refractivity contribution in [1.29, 1.82) is 0 Å². The van der Waals surface area contributed by atoms with E-state index in [2.05, 4.69) is 41.5 Å². The third-order valence-corrected chi connectivity index (χ3v) is 5.31. The van der Waals surface area contributed by atoms with Crippen LogP contribution in [0, 0.1) is 0 Å². The lowest BCUT2D eigenvalue weighted by Crippen LogP contribution is -2.51. The van der Waals surface area contributed by atoms with Crippen LogP contribution in [0.5, 0.6) is 0 Å². The Morgan fingerprint density at radius 3 is 2.85 bits per heavy atom. The van der Waals surface area contributed by atoms with E-state index in [9.17, 15) is 0 Å². The molecular weight excluding hydrogens is 457 g/mol. The van der Waals surface area contributed by atoms with Gasteiger partial charge in [0.2, 0.25) is 0 Å². The zero-order chi connectivity index (χ0) is 18.4. The molecule has 27 heavy (non-hydrogen) atoms. The number of morpholine rings is 1. The van der Waals surface area contributed by atoms with Crippen molar-refractivity contribution in [2.24, 2.45) is 4.99 Å². The smallest absolute Gasteiger partial charge is 0.191 e. The SMILES string of the molecule is CCNC(=NCc1c(CC)noc1CC)NCC1CN2CCCC2CO1.I. The molecule has 3 rings (SSSR count). The number of guanidine groups is 1. The highest BCUT2D eigenvalue weighted by Gasteiger charge is 2.32. The minimum Gasteiger partial charge on any atom is -0.373 e. The molecule has 3 heterocycles. The molecular formula is C19H34IN5O2. The molecule has 7 nitrogen and oxygen atoms in total. The number of hydrogen-bond acceptors (Lipinski definition) is 5. The number of hydrogen-bond donors (Lipinski definition) is 2. The van der Waals surface area contributed by atoms with Gasteiger partial charge in [0.25, 0.3) is 0 Å². The van der Waals surface area contributed by atoms with E-state index in [1.54, 1.807) is 0 Å². The average Bonchev–Trinajstić information content (AvgIpc) is 3.29. The zero-order valence-electron chi connectivity index (χ0n) is 16.8. The highest BCUT2D eigenvalue weighted by molar-refractivity contribution is 14.0. The van der Waals surface area contributed by atoms with Gasteiger partial charge in [-0.15, -0.1) is 24.0 Å². The first-order chi connectivity index (χ1) is 12.7. The van der Waals surface area contributed by atoms with E-state index in [0.717, 1.165) is 62.1 Å². The molecule has 0 spiro atoms. The number of aliphatic imine (C=N–C) groups is 1. The number of aromatic nitrogens is 1. The minimum absolute atomic E-state index is 0. The first-order valence-electron chi connectivity index (χ1n) is 10.1. The highest BCUT2D eigenvalue weighted by Crippen LogP contribution is 2.22. The van der Waals surface area contributed by atoms with Crippen LogP contribution in [-0.4, -0.2) is 60.9 Å². The number of ether oxygens (including phenoxy) is 1. The number of nitrogens with one attached hydrogen (secondary N) is 2. The minimum atomic E-state index is 0. The second-order valence-electron chi connectivity index (χ2n) is 7.06. The van der Waals surface area contributed by atoms with Crippen LogP contribution in [0.1, 0.15) is 50.6 Å². The van der Waals surface area contributed by atoms with Crippen LogP contribution >= 0.6 is 24.0 Å². The van der Waals surface area contributed by atoms with E-state index >= 15 is 0 Å². The molecule has 0 aliphatic carbocycles. The molecule has 1 aromatic heterocycles. The van der Waals surface area contributed by atoms with Gasteiger partial charge in [0.1, 0.15) is 5.76 Å². The molecule has 8 heteroatoms. The van der Waals surface area contributed by atoms with E-state index in [1.807, 2.05) is 0 Å². The largest absolute Gasteiger partial charge is 0.373 e. The maximum absolute atomic E-state index is 6.03. The van der Waals surface area contributed by atoms with Crippen LogP contribution in [0.25, 0.3) is 0 Å². The lowest BCUT2D eigenvalue weighted by molar-refractivity contribution is -0.0453. The van der Waals surface area contributed by atoms with Crippen molar-refractivity contribution in [1.82, 2.24) is 20.7 Å². The molecule has 0 amide bonds. The standard InChI is InChI=1S/C19H33N5O2.HI/c1-4-17-16(18(5-2)26-23-17)11-22-19(20-6-3)21-10-15-12-24-9-7-8-14(24)13-25-15;/h14-15H,4-13H2,1-3H3,(H2,20,21,22);1H. The van der Waals surface area contributed by atoms with Gasteiger partial charge in [-0.2, -0.15) is 0 Å². The van der Waals surface area contributed by atoms with Crippen molar-refractivity contribution in [2.75, 3.05) is 32.8 Å². The first-order valence-corrected chi connectivity index (χ1v) is 10.1. The van der Waals surface area contributed by atoms with Crippen molar-refractivity contribution >= 4 is 29.9 Å². The molecule has 0 aromatic carbocycles. The van der Waals surface area contributed by atoms with Gasteiger partial charge in [-0.3, -0.25) is 4.90 Å². The Morgan fingerprint density at radius 1 is 1.26 bits per heavy atom. The summed E-state index contributed by atoms with van der Waals surface area (Å²) in [5.74, 6) is 1.77. The molecule has 1 aromatic rings. The predicted octanol–water partition coefficient (Wildman–Crippen LogP) is 2.34. The molecule has 2 aliphatic rings. The fraction of sp³-hybridized carbons (Fsp3) is 0.789. The summed E-state index contributed by atoms with van der Waals surface area (Å²) >= 11 is 0. The zero-order valence-corrected chi connectivity index (χ0v) is 19.1. The molecule has 2 saturated heterocycles. The topological polar surface area (TPSA) is 74.9 Å². The van der Waals surface area contributed by atoms with E-state index < -0.39 is 0 Å². The Hall–Kier alpha value is -0.870. The molecule has 2 aliphatic heterocycles. The van der Waals surface area contributed by atoms with Gasteiger partial charge in [0.15, 0.2) is 5.96 Å². The van der Waals surface area contributed by atoms with Crippen molar-refractivity contribution in [3.05, 3.63) is 17.0 Å². The maximum Gasteiger partial charge on any atom is 0.191 e. The third-order valence-electron chi connectivity index (χ3n) is 5.31. The molecule has 0 saturated carbocycles. The number of aryl methyl sites for hydroxylation is 2. The Labute approximate surface area is 179 Å². The summed E-state index contributed by atoms with van der Waals surface area (Å²) in [6.07, 6.45) is 4.51. The Kier molecular flexibility index (Phi) is 9.31. The van der Waals surface area contributed by atoms with Gasteiger partial charge < -0.3 is 19.9 Å². The van der Waals surface area contributed by atoms with Crippen LogP contribution < -0.4 is 10.6 Å². The van der Waals surface area contributed by atoms with Crippen molar-refractivity contribution in [3.8, 4) is 0 Å². The van der Waals surface area contributed by atoms with Gasteiger partial charge in [0.05, 0.1) is 24.9 Å². The summed E-state index contributed by atoms with van der Waals surface area (Å²) in [6, 6.07) is 0.640. The van der Waals surface area contributed by atoms with E-state index in [1.165, 1.54) is 19.4 Å². The quantitative estimate of drug-likeness (QED) is 0.347. The molecule has 0 radical (unpaired) electrons. The van der Waals surface area contributed by atoms with Crippen LogP contribution in [-0.2, 0) is 24.1 Å². The average molecular weight is 491 g/mol. The predicted molar refractivity (Wildman–Crippen MR) is 118 cm³/mol. The second kappa shape index (κ2) is 11.2. The number of fused-ring (bicyclic) bond motifs is 1. The summed E-state index contributed by atoms with van der Waals surface area (Å²) < 4.78 is 11.5. The van der Waals surface area contributed by atoms with Gasteiger partial charge in [-0.05, 0) is 32.7 Å². The van der Waals surface area contributed by atoms with Gasteiger partial charge in [-0.1, -0.05) is 19.0 Å². The van der Waals surface area contributed by atoms with Crippen molar-refractivity contribution in [2.45, 2.75) is 65.1 Å². The van der Waals surface area contributed by atoms with E-state index in [4.69, 9.17) is 14.3 Å². The molecule has 2 fully saturated rings. The van der Waals surface area contributed by atoms with Gasteiger partial charge in [-0.25, -0.2) is 4.99 Å². The molecule has 2 unspecified atom stereocenters. The normalized spacial score (nSPS) is 23.0. The summed E-state index contributed by atoms with van der Waals surface area (Å²) in [5, 5.41) is 10.9. The lowest BCUT2D eigenvalue weighted by Gasteiger charge is -2.35. The van der Waals surface area contributed by atoms with Crippen LogP contribution in [0.4, 0.5) is 0 Å². The molecule has 2 atom stereocenters.